The van der Waals surface area contributed by atoms with Crippen molar-refractivity contribution in [2.24, 2.45) is 5.73 Å². The van der Waals surface area contributed by atoms with Crippen LogP contribution in [0.1, 0.15) is 61.0 Å². The fourth-order valence-electron chi connectivity index (χ4n) is 5.09. The molecule has 1 aliphatic heterocycles. The summed E-state index contributed by atoms with van der Waals surface area (Å²) in [6, 6.07) is 12.5. The van der Waals surface area contributed by atoms with Crippen LogP contribution in [0.25, 0.3) is 22.0 Å². The Kier molecular flexibility index (Phi) is 7.64. The van der Waals surface area contributed by atoms with Crippen molar-refractivity contribution in [3.8, 4) is 11.1 Å². The maximum absolute atomic E-state index is 12.3. The van der Waals surface area contributed by atoms with E-state index in [0.717, 1.165) is 60.1 Å². The Hall–Kier alpha value is -2.68. The number of hydrogen-bond donors (Lipinski definition) is 2. The molecule has 188 valence electrons. The molecule has 0 radical (unpaired) electrons. The van der Waals surface area contributed by atoms with Gasteiger partial charge in [0, 0.05) is 31.2 Å². The van der Waals surface area contributed by atoms with Gasteiger partial charge in [0.1, 0.15) is 0 Å². The van der Waals surface area contributed by atoms with Crippen molar-refractivity contribution < 1.29 is 13.2 Å². The van der Waals surface area contributed by atoms with Crippen LogP contribution in [0.5, 0.6) is 0 Å². The molecule has 0 aliphatic carbocycles. The van der Waals surface area contributed by atoms with Crippen LogP contribution >= 0.6 is 0 Å². The quantitative estimate of drug-likeness (QED) is 0.461. The van der Waals surface area contributed by atoms with Gasteiger partial charge in [-0.15, -0.1) is 0 Å². The monoisotopic (exact) mass is 496 g/mol. The van der Waals surface area contributed by atoms with E-state index in [1.165, 1.54) is 5.56 Å². The molecule has 0 bridgehead atoms. The molecule has 3 aromatic rings. The first-order chi connectivity index (χ1) is 16.8. The third-order valence-corrected chi connectivity index (χ3v) is 9.21. The first-order valence-electron chi connectivity index (χ1n) is 12.5. The minimum atomic E-state index is -3.17. The molecule has 1 aromatic heterocycles. The van der Waals surface area contributed by atoms with Gasteiger partial charge in [0.15, 0.2) is 0 Å². The van der Waals surface area contributed by atoms with Gasteiger partial charge >= 0.3 is 0 Å². The zero-order valence-electron chi connectivity index (χ0n) is 20.9. The summed E-state index contributed by atoms with van der Waals surface area (Å²) in [7, 11) is -3.17. The Balaban J connectivity index is 1.66. The Morgan fingerprint density at radius 3 is 2.29 bits per heavy atom. The molecule has 35 heavy (non-hydrogen) atoms. The molecule has 1 aliphatic rings. The molecule has 7 nitrogen and oxygen atoms in total. The number of primary amides is 1. The predicted molar refractivity (Wildman–Crippen MR) is 142 cm³/mol. The van der Waals surface area contributed by atoms with Gasteiger partial charge in [0.25, 0.3) is 5.91 Å². The third-order valence-electron chi connectivity index (χ3n) is 7.33. The van der Waals surface area contributed by atoms with Gasteiger partial charge in [0.2, 0.25) is 10.0 Å². The number of benzene rings is 2. The van der Waals surface area contributed by atoms with E-state index in [4.69, 9.17) is 5.73 Å². The molecule has 8 heteroatoms. The molecular formula is C27H36N4O3S. The van der Waals surface area contributed by atoms with Crippen molar-refractivity contribution in [1.29, 1.82) is 0 Å². The summed E-state index contributed by atoms with van der Waals surface area (Å²) in [5.74, 6) is -0.115. The molecule has 0 unspecified atom stereocenters. The van der Waals surface area contributed by atoms with Crippen molar-refractivity contribution in [3.05, 3.63) is 59.3 Å². The Bertz CT molecular complexity index is 1290. The number of rotatable bonds is 9. The second-order valence-electron chi connectivity index (χ2n) is 9.29. The van der Waals surface area contributed by atoms with Gasteiger partial charge in [-0.2, -0.15) is 0 Å². The van der Waals surface area contributed by atoms with Gasteiger partial charge in [-0.05, 0) is 73.2 Å². The van der Waals surface area contributed by atoms with Crippen LogP contribution in [0.3, 0.4) is 0 Å². The van der Waals surface area contributed by atoms with Crippen LogP contribution in [0.4, 0.5) is 0 Å². The SMILES string of the molecule is CCN(CC)Cc1ccc(-c2cc(C(N)=O)c3[nH]cc(C4CCN(S(=O)(=O)CC)CC4)c3c2)cc1. The van der Waals surface area contributed by atoms with Crippen LogP contribution in [-0.4, -0.2) is 60.4 Å². The number of sulfonamides is 1. The number of piperidine rings is 1. The van der Waals surface area contributed by atoms with E-state index in [-0.39, 0.29) is 11.7 Å². The maximum atomic E-state index is 12.3. The number of nitrogens with two attached hydrogens (primary N) is 1. The summed E-state index contributed by atoms with van der Waals surface area (Å²) in [6.45, 7) is 9.98. The highest BCUT2D eigenvalue weighted by Gasteiger charge is 2.29. The molecule has 4 rings (SSSR count). The van der Waals surface area contributed by atoms with Crippen molar-refractivity contribution in [2.75, 3.05) is 31.9 Å². The van der Waals surface area contributed by atoms with E-state index < -0.39 is 15.9 Å². The third kappa shape index (κ3) is 5.29. The van der Waals surface area contributed by atoms with Crippen molar-refractivity contribution in [1.82, 2.24) is 14.2 Å². The standard InChI is InChI=1S/C27H36N4O3S/c1-4-30(5-2)18-19-7-9-20(10-8-19)22-15-23-25(17-29-26(23)24(16-22)27(28)32)21-11-13-31(14-12-21)35(33,34)6-3/h7-10,15-17,21,29H,4-6,11-14,18H2,1-3H3,(H2,28,32). The summed E-state index contributed by atoms with van der Waals surface area (Å²) in [6.07, 6.45) is 3.47. The number of fused-ring (bicyclic) bond motifs is 1. The van der Waals surface area contributed by atoms with Crippen LogP contribution in [-0.2, 0) is 16.6 Å². The highest BCUT2D eigenvalue weighted by atomic mass is 32.2. The van der Waals surface area contributed by atoms with E-state index in [1.54, 1.807) is 11.2 Å². The van der Waals surface area contributed by atoms with Crippen molar-refractivity contribution in [3.63, 3.8) is 0 Å². The largest absolute Gasteiger partial charge is 0.366 e. The first kappa shape index (κ1) is 25.4. The molecule has 1 saturated heterocycles. The summed E-state index contributed by atoms with van der Waals surface area (Å²) in [4.78, 5) is 18.0. The number of aromatic nitrogens is 1. The van der Waals surface area contributed by atoms with Crippen LogP contribution in [0, 0.1) is 0 Å². The number of carbonyl (C=O) groups is 1. The zero-order chi connectivity index (χ0) is 25.2. The van der Waals surface area contributed by atoms with Crippen molar-refractivity contribution >= 4 is 26.8 Å². The van der Waals surface area contributed by atoms with Crippen LogP contribution in [0.2, 0.25) is 0 Å². The molecule has 0 atom stereocenters. The lowest BCUT2D eigenvalue weighted by Gasteiger charge is -2.31. The van der Waals surface area contributed by atoms with E-state index in [1.807, 2.05) is 12.3 Å². The van der Waals surface area contributed by atoms with Gasteiger partial charge in [-0.25, -0.2) is 12.7 Å². The van der Waals surface area contributed by atoms with E-state index in [0.29, 0.717) is 18.7 Å². The predicted octanol–water partition coefficient (Wildman–Crippen LogP) is 4.30. The smallest absolute Gasteiger partial charge is 0.250 e. The fraction of sp³-hybridized carbons (Fsp3) is 0.444. The molecule has 2 aromatic carbocycles. The average Bonchev–Trinajstić information content (AvgIpc) is 3.31. The second kappa shape index (κ2) is 10.5. The molecule has 3 N–H and O–H groups in total. The summed E-state index contributed by atoms with van der Waals surface area (Å²) >= 11 is 0. The van der Waals surface area contributed by atoms with Gasteiger partial charge in [0.05, 0.1) is 16.8 Å². The lowest BCUT2D eigenvalue weighted by atomic mass is 9.88. The second-order valence-corrected chi connectivity index (χ2v) is 11.5. The highest BCUT2D eigenvalue weighted by Crippen LogP contribution is 2.37. The lowest BCUT2D eigenvalue weighted by molar-refractivity contribution is 0.100. The summed E-state index contributed by atoms with van der Waals surface area (Å²) < 4.78 is 26.1. The molecule has 2 heterocycles. The van der Waals surface area contributed by atoms with Gasteiger partial charge in [-0.3, -0.25) is 9.69 Å². The van der Waals surface area contributed by atoms with Crippen LogP contribution < -0.4 is 5.73 Å². The van der Waals surface area contributed by atoms with E-state index in [2.05, 4.69) is 54.1 Å². The Labute approximate surface area is 208 Å². The molecule has 0 spiro atoms. The Morgan fingerprint density at radius 1 is 1.06 bits per heavy atom. The molecule has 0 saturated carbocycles. The zero-order valence-corrected chi connectivity index (χ0v) is 21.7. The number of nitrogens with one attached hydrogen (secondary N) is 1. The average molecular weight is 497 g/mol. The van der Waals surface area contributed by atoms with Crippen LogP contribution in [0.15, 0.2) is 42.6 Å². The van der Waals surface area contributed by atoms with E-state index in [9.17, 15) is 13.2 Å². The maximum Gasteiger partial charge on any atom is 0.250 e. The number of amides is 1. The molecule has 1 amide bonds. The number of aromatic amines is 1. The molecular weight excluding hydrogens is 460 g/mol. The minimum Gasteiger partial charge on any atom is -0.366 e. The molecule has 1 fully saturated rings. The van der Waals surface area contributed by atoms with Gasteiger partial charge < -0.3 is 10.7 Å². The summed E-state index contributed by atoms with van der Waals surface area (Å²) in [5, 5.41) is 0.986. The first-order valence-corrected chi connectivity index (χ1v) is 14.1. The van der Waals surface area contributed by atoms with Crippen molar-refractivity contribution in [2.45, 2.75) is 46.1 Å². The lowest BCUT2D eigenvalue weighted by Crippen LogP contribution is -2.38. The topological polar surface area (TPSA) is 99.5 Å². The summed E-state index contributed by atoms with van der Waals surface area (Å²) in [5.41, 5.74) is 11.4. The van der Waals surface area contributed by atoms with E-state index >= 15 is 0 Å². The number of nitrogens with zero attached hydrogens (tertiary/aromatic N) is 2. The minimum absolute atomic E-state index is 0.129. The normalized spacial score (nSPS) is 15.8. The Morgan fingerprint density at radius 2 is 1.71 bits per heavy atom. The number of hydrogen-bond acceptors (Lipinski definition) is 4. The highest BCUT2D eigenvalue weighted by molar-refractivity contribution is 7.89. The fourth-order valence-corrected chi connectivity index (χ4v) is 6.22. The number of carbonyl (C=O) groups excluding carboxylic acids is 1. The van der Waals surface area contributed by atoms with Gasteiger partial charge in [-0.1, -0.05) is 38.1 Å². The number of H-pyrrole nitrogens is 1.